The molecule has 0 amide bonds. The number of aromatic nitrogens is 2. The van der Waals surface area contributed by atoms with Gasteiger partial charge in [0.25, 0.3) is 5.56 Å². The molecular formula is C13H13N3O2. The number of benzene rings is 1. The van der Waals surface area contributed by atoms with Crippen LogP contribution in [0.15, 0.2) is 58.8 Å². The zero-order valence-electron chi connectivity index (χ0n) is 9.72. The van der Waals surface area contributed by atoms with Gasteiger partial charge in [-0.25, -0.2) is 4.79 Å². The van der Waals surface area contributed by atoms with Crippen molar-refractivity contribution < 1.29 is 0 Å². The van der Waals surface area contributed by atoms with Gasteiger partial charge in [0.15, 0.2) is 0 Å². The van der Waals surface area contributed by atoms with E-state index < -0.39 is 11.2 Å². The highest BCUT2D eigenvalue weighted by Crippen LogP contribution is 2.15. The van der Waals surface area contributed by atoms with Gasteiger partial charge in [0.05, 0.1) is 5.69 Å². The lowest BCUT2D eigenvalue weighted by Crippen LogP contribution is -2.38. The molecule has 1 aromatic carbocycles. The maximum Gasteiger partial charge on any atom is 0.347 e. The normalized spacial score (nSPS) is 10.0. The molecular weight excluding hydrogens is 230 g/mol. The van der Waals surface area contributed by atoms with Crippen LogP contribution in [0.5, 0.6) is 0 Å². The Morgan fingerprint density at radius 2 is 2.06 bits per heavy atom. The average molecular weight is 243 g/mol. The van der Waals surface area contributed by atoms with Crippen molar-refractivity contribution in [2.45, 2.75) is 6.42 Å². The topological polar surface area (TPSA) is 66.9 Å². The summed E-state index contributed by atoms with van der Waals surface area (Å²) < 4.78 is 0.932. The van der Waals surface area contributed by atoms with Crippen LogP contribution in [-0.2, 0) is 6.42 Å². The van der Waals surface area contributed by atoms with Gasteiger partial charge < -0.3 is 4.98 Å². The number of nitrogens with one attached hydrogen (secondary N) is 2. The molecule has 1 aromatic heterocycles. The second-order valence-electron chi connectivity index (χ2n) is 3.72. The quantitative estimate of drug-likeness (QED) is 0.791. The first kappa shape index (κ1) is 11.9. The fraction of sp³-hybridized carbons (Fsp3) is 0.0769. The standard InChI is InChI=1S/C13H13N3O2/c1-2-5-10-6-3-4-7-11(10)15-16-12(17)8-9-14-13(16)18/h2-4,6-9,15H,1,5H2,(H,14,18). The third kappa shape index (κ3) is 2.40. The van der Waals surface area contributed by atoms with E-state index in [1.54, 1.807) is 12.1 Å². The highest BCUT2D eigenvalue weighted by Gasteiger charge is 2.03. The molecule has 1 heterocycles. The van der Waals surface area contributed by atoms with Gasteiger partial charge in [-0.1, -0.05) is 24.3 Å². The van der Waals surface area contributed by atoms with Crippen molar-refractivity contribution in [2.24, 2.45) is 0 Å². The Morgan fingerprint density at radius 3 is 2.78 bits per heavy atom. The summed E-state index contributed by atoms with van der Waals surface area (Å²) in [6, 6.07) is 8.72. The minimum Gasteiger partial charge on any atom is -0.312 e. The van der Waals surface area contributed by atoms with Gasteiger partial charge >= 0.3 is 5.69 Å². The summed E-state index contributed by atoms with van der Waals surface area (Å²) in [4.78, 5) is 25.5. The number of aromatic amines is 1. The highest BCUT2D eigenvalue weighted by molar-refractivity contribution is 5.51. The second-order valence-corrected chi connectivity index (χ2v) is 3.72. The van der Waals surface area contributed by atoms with Crippen molar-refractivity contribution in [3.8, 4) is 0 Å². The number of hydrogen-bond acceptors (Lipinski definition) is 3. The van der Waals surface area contributed by atoms with Crippen LogP contribution < -0.4 is 16.7 Å². The van der Waals surface area contributed by atoms with Crippen LogP contribution in [0.3, 0.4) is 0 Å². The van der Waals surface area contributed by atoms with E-state index in [0.717, 1.165) is 10.2 Å². The zero-order chi connectivity index (χ0) is 13.0. The molecule has 0 aliphatic heterocycles. The summed E-state index contributed by atoms with van der Waals surface area (Å²) in [6.45, 7) is 3.68. The largest absolute Gasteiger partial charge is 0.347 e. The van der Waals surface area contributed by atoms with Crippen LogP contribution in [0.1, 0.15) is 5.56 Å². The first-order valence-electron chi connectivity index (χ1n) is 5.49. The molecule has 92 valence electrons. The third-order valence-corrected chi connectivity index (χ3v) is 2.47. The molecule has 0 fully saturated rings. The van der Waals surface area contributed by atoms with Gasteiger partial charge in [-0.05, 0) is 18.1 Å². The Hall–Kier alpha value is -2.56. The number of anilines is 1. The maximum absolute atomic E-state index is 11.6. The number of nitrogens with zero attached hydrogens (tertiary/aromatic N) is 1. The van der Waals surface area contributed by atoms with Crippen molar-refractivity contribution in [1.82, 2.24) is 9.66 Å². The Labute approximate surface area is 103 Å². The Bertz CT molecular complexity index is 642. The monoisotopic (exact) mass is 243 g/mol. The maximum atomic E-state index is 11.6. The number of rotatable bonds is 4. The molecule has 0 saturated heterocycles. The van der Waals surface area contributed by atoms with E-state index >= 15 is 0 Å². The van der Waals surface area contributed by atoms with Crippen molar-refractivity contribution in [3.05, 3.63) is 75.6 Å². The van der Waals surface area contributed by atoms with Crippen LogP contribution in [0.25, 0.3) is 0 Å². The number of H-pyrrole nitrogens is 1. The molecule has 0 saturated carbocycles. The van der Waals surface area contributed by atoms with E-state index in [1.165, 1.54) is 12.3 Å². The Morgan fingerprint density at radius 1 is 1.28 bits per heavy atom. The molecule has 0 aliphatic rings. The zero-order valence-corrected chi connectivity index (χ0v) is 9.72. The van der Waals surface area contributed by atoms with E-state index in [1.807, 2.05) is 18.2 Å². The predicted octanol–water partition coefficient (Wildman–Crippen LogP) is 1.14. The van der Waals surface area contributed by atoms with E-state index in [-0.39, 0.29) is 0 Å². The summed E-state index contributed by atoms with van der Waals surface area (Å²) >= 11 is 0. The minimum atomic E-state index is -0.504. The lowest BCUT2D eigenvalue weighted by Gasteiger charge is -2.11. The lowest BCUT2D eigenvalue weighted by molar-refractivity contribution is 0.806. The summed E-state index contributed by atoms with van der Waals surface area (Å²) in [6.07, 6.45) is 3.74. The molecule has 0 atom stereocenters. The molecule has 5 nitrogen and oxygen atoms in total. The summed E-state index contributed by atoms with van der Waals surface area (Å²) in [5.41, 5.74) is 3.56. The van der Waals surface area contributed by atoms with Crippen molar-refractivity contribution in [2.75, 3.05) is 5.43 Å². The summed E-state index contributed by atoms with van der Waals surface area (Å²) in [7, 11) is 0. The van der Waals surface area contributed by atoms with Crippen LogP contribution in [-0.4, -0.2) is 9.66 Å². The van der Waals surface area contributed by atoms with Gasteiger partial charge in [0, 0.05) is 12.3 Å². The van der Waals surface area contributed by atoms with Crippen LogP contribution in [0, 0.1) is 0 Å². The molecule has 0 unspecified atom stereocenters. The molecule has 0 bridgehead atoms. The van der Waals surface area contributed by atoms with Gasteiger partial charge in [-0.2, -0.15) is 4.68 Å². The fourth-order valence-electron chi connectivity index (χ4n) is 1.61. The van der Waals surface area contributed by atoms with Crippen LogP contribution in [0.4, 0.5) is 5.69 Å². The van der Waals surface area contributed by atoms with Crippen molar-refractivity contribution in [3.63, 3.8) is 0 Å². The van der Waals surface area contributed by atoms with Gasteiger partial charge in [-0.15, -0.1) is 6.58 Å². The van der Waals surface area contributed by atoms with E-state index in [4.69, 9.17) is 0 Å². The van der Waals surface area contributed by atoms with Crippen molar-refractivity contribution >= 4 is 5.69 Å². The molecule has 18 heavy (non-hydrogen) atoms. The third-order valence-electron chi connectivity index (χ3n) is 2.47. The number of hydrogen-bond donors (Lipinski definition) is 2. The van der Waals surface area contributed by atoms with Crippen LogP contribution in [0.2, 0.25) is 0 Å². The Kier molecular flexibility index (Phi) is 3.43. The molecule has 2 N–H and O–H groups in total. The summed E-state index contributed by atoms with van der Waals surface area (Å²) in [5.74, 6) is 0. The predicted molar refractivity (Wildman–Crippen MR) is 70.7 cm³/mol. The van der Waals surface area contributed by atoms with Crippen LogP contribution >= 0.6 is 0 Å². The Balaban J connectivity index is 2.43. The smallest absolute Gasteiger partial charge is 0.312 e. The van der Waals surface area contributed by atoms with E-state index in [9.17, 15) is 9.59 Å². The molecule has 0 radical (unpaired) electrons. The van der Waals surface area contributed by atoms with E-state index in [0.29, 0.717) is 12.1 Å². The first-order chi connectivity index (χ1) is 8.72. The number of para-hydroxylation sites is 1. The minimum absolute atomic E-state index is 0.410. The molecule has 0 aliphatic carbocycles. The van der Waals surface area contributed by atoms with Gasteiger partial charge in [-0.3, -0.25) is 10.2 Å². The lowest BCUT2D eigenvalue weighted by atomic mass is 10.1. The molecule has 2 rings (SSSR count). The van der Waals surface area contributed by atoms with E-state index in [2.05, 4.69) is 17.0 Å². The molecule has 0 spiro atoms. The highest BCUT2D eigenvalue weighted by atomic mass is 16.2. The van der Waals surface area contributed by atoms with Gasteiger partial charge in [0.2, 0.25) is 0 Å². The molecule has 2 aromatic rings. The average Bonchev–Trinajstić information content (AvgIpc) is 2.36. The first-order valence-corrected chi connectivity index (χ1v) is 5.49. The van der Waals surface area contributed by atoms with Crippen molar-refractivity contribution in [1.29, 1.82) is 0 Å². The van der Waals surface area contributed by atoms with Gasteiger partial charge in [0.1, 0.15) is 0 Å². The number of allylic oxidation sites excluding steroid dienone is 1. The molecule has 5 heteroatoms. The second kappa shape index (κ2) is 5.18. The summed E-state index contributed by atoms with van der Waals surface area (Å²) in [5, 5.41) is 0. The fourth-order valence-corrected chi connectivity index (χ4v) is 1.61. The SMILES string of the molecule is C=CCc1ccccc1Nn1c(=O)cc[nH]c1=O.